The van der Waals surface area contributed by atoms with Crippen molar-refractivity contribution in [3.63, 3.8) is 0 Å². The van der Waals surface area contributed by atoms with E-state index < -0.39 is 0 Å². The minimum absolute atomic E-state index is 0.0711. The molecule has 22 heavy (non-hydrogen) atoms. The summed E-state index contributed by atoms with van der Waals surface area (Å²) < 4.78 is 0. The predicted octanol–water partition coefficient (Wildman–Crippen LogP) is 3.85. The molecule has 2 fully saturated rings. The summed E-state index contributed by atoms with van der Waals surface area (Å²) in [5.74, 6) is 2.77. The molecule has 0 amide bonds. The molecule has 0 aromatic rings. The highest BCUT2D eigenvalue weighted by Crippen LogP contribution is 2.64. The van der Waals surface area contributed by atoms with Crippen molar-refractivity contribution < 1.29 is 10.2 Å². The smallest absolute Gasteiger partial charge is 0.111 e. The Kier molecular flexibility index (Phi) is 2.88. The molecule has 120 valence electrons. The zero-order valence-electron chi connectivity index (χ0n) is 13.5. The molecule has 0 bridgehead atoms. The van der Waals surface area contributed by atoms with E-state index in [-0.39, 0.29) is 16.9 Å². The number of aliphatic hydroxyl groups is 2. The summed E-state index contributed by atoms with van der Waals surface area (Å²) in [6.07, 6.45) is 12.2. The fourth-order valence-corrected chi connectivity index (χ4v) is 6.07. The van der Waals surface area contributed by atoms with E-state index in [0.29, 0.717) is 35.2 Å². The molecule has 3 nitrogen and oxygen atoms in total. The first-order valence-electron chi connectivity index (χ1n) is 8.61. The Morgan fingerprint density at radius 1 is 1.23 bits per heavy atom. The fourth-order valence-electron chi connectivity index (χ4n) is 6.07. The third-order valence-corrected chi connectivity index (χ3v) is 7.48. The monoisotopic (exact) mass is 301 g/mol. The summed E-state index contributed by atoms with van der Waals surface area (Å²) in [5.41, 5.74) is 6.64. The van der Waals surface area contributed by atoms with Crippen LogP contribution in [-0.2, 0) is 0 Å². The van der Waals surface area contributed by atoms with Crippen molar-refractivity contribution in [3.8, 4) is 0 Å². The zero-order valence-corrected chi connectivity index (χ0v) is 13.5. The first-order valence-corrected chi connectivity index (χ1v) is 8.61. The number of nitrogens with two attached hydrogens (primary N) is 1. The molecule has 3 heteroatoms. The van der Waals surface area contributed by atoms with Gasteiger partial charge in [0.1, 0.15) is 5.76 Å². The molecule has 0 aromatic carbocycles. The van der Waals surface area contributed by atoms with Gasteiger partial charge in [-0.1, -0.05) is 19.9 Å². The molecule has 0 unspecified atom stereocenters. The highest BCUT2D eigenvalue weighted by Gasteiger charge is 2.59. The Morgan fingerprint density at radius 2 is 2.00 bits per heavy atom. The van der Waals surface area contributed by atoms with Crippen LogP contribution in [0.15, 0.2) is 35.8 Å². The molecule has 0 heterocycles. The van der Waals surface area contributed by atoms with E-state index in [4.69, 9.17) is 5.73 Å². The van der Waals surface area contributed by atoms with E-state index in [1.165, 1.54) is 0 Å². The molecule has 0 aromatic heterocycles. The van der Waals surface area contributed by atoms with Gasteiger partial charge >= 0.3 is 0 Å². The fraction of sp³-hybridized carbons (Fsp3) is 0.684. The van der Waals surface area contributed by atoms with Gasteiger partial charge in [-0.15, -0.1) is 0 Å². The van der Waals surface area contributed by atoms with Gasteiger partial charge in [-0.2, -0.15) is 0 Å². The Bertz CT molecular complexity index is 592. The molecule has 4 aliphatic rings. The Balaban J connectivity index is 1.73. The molecule has 4 rings (SSSR count). The van der Waals surface area contributed by atoms with Gasteiger partial charge in [-0.05, 0) is 73.0 Å². The van der Waals surface area contributed by atoms with Gasteiger partial charge < -0.3 is 15.9 Å². The molecule has 0 radical (unpaired) electrons. The number of hydrogen-bond donors (Lipinski definition) is 3. The summed E-state index contributed by atoms with van der Waals surface area (Å²) in [6, 6.07) is 0.155. The maximum Gasteiger partial charge on any atom is 0.111 e. The summed E-state index contributed by atoms with van der Waals surface area (Å²) in [5, 5.41) is 20.2. The second kappa shape index (κ2) is 4.41. The third kappa shape index (κ3) is 1.66. The summed E-state index contributed by atoms with van der Waals surface area (Å²) >= 11 is 0. The van der Waals surface area contributed by atoms with Gasteiger partial charge in [0, 0.05) is 11.5 Å². The first kappa shape index (κ1) is 14.4. The van der Waals surface area contributed by atoms with E-state index in [1.54, 1.807) is 0 Å². The van der Waals surface area contributed by atoms with E-state index in [2.05, 4.69) is 19.9 Å². The van der Waals surface area contributed by atoms with Crippen LogP contribution in [0.2, 0.25) is 0 Å². The second-order valence-electron chi connectivity index (χ2n) is 8.37. The maximum atomic E-state index is 10.4. The molecule has 2 saturated carbocycles. The van der Waals surface area contributed by atoms with Crippen molar-refractivity contribution in [1.29, 1.82) is 0 Å². The van der Waals surface area contributed by atoms with Crippen LogP contribution in [0.3, 0.4) is 0 Å². The summed E-state index contributed by atoms with van der Waals surface area (Å²) in [7, 11) is 0. The number of hydrogen-bond acceptors (Lipinski definition) is 3. The van der Waals surface area contributed by atoms with Crippen LogP contribution in [0, 0.1) is 34.5 Å². The van der Waals surface area contributed by atoms with Gasteiger partial charge in [0.25, 0.3) is 0 Å². The van der Waals surface area contributed by atoms with E-state index >= 15 is 0 Å². The maximum absolute atomic E-state index is 10.4. The minimum atomic E-state index is -0.0711. The van der Waals surface area contributed by atoms with Crippen LogP contribution in [0.1, 0.15) is 39.5 Å². The van der Waals surface area contributed by atoms with Crippen molar-refractivity contribution in [2.75, 3.05) is 0 Å². The average molecular weight is 301 g/mol. The van der Waals surface area contributed by atoms with Crippen LogP contribution in [0.5, 0.6) is 0 Å². The van der Waals surface area contributed by atoms with Gasteiger partial charge in [-0.3, -0.25) is 0 Å². The van der Waals surface area contributed by atoms with E-state index in [9.17, 15) is 10.2 Å². The molecule has 0 aliphatic heterocycles. The number of fused-ring (bicyclic) bond motifs is 5. The van der Waals surface area contributed by atoms with Gasteiger partial charge in [0.15, 0.2) is 0 Å². The molecule has 0 spiro atoms. The van der Waals surface area contributed by atoms with E-state index in [1.807, 2.05) is 18.2 Å². The summed E-state index contributed by atoms with van der Waals surface area (Å²) in [4.78, 5) is 0. The van der Waals surface area contributed by atoms with Crippen LogP contribution in [0.25, 0.3) is 0 Å². The summed E-state index contributed by atoms with van der Waals surface area (Å²) in [6.45, 7) is 4.56. The van der Waals surface area contributed by atoms with Gasteiger partial charge in [0.2, 0.25) is 0 Å². The SMILES string of the molecule is C[C@]12C=CC(O)=C[C@H]1C[C@H](N)[C@@H]1[C@@H]2CC[C@]2(C)C(O)=CC[C@@H]12. The highest BCUT2D eigenvalue weighted by molar-refractivity contribution is 5.29. The van der Waals surface area contributed by atoms with Crippen LogP contribution in [0.4, 0.5) is 0 Å². The molecular weight excluding hydrogens is 274 g/mol. The molecule has 4 aliphatic carbocycles. The zero-order chi connectivity index (χ0) is 15.7. The first-order chi connectivity index (χ1) is 10.4. The lowest BCUT2D eigenvalue weighted by atomic mass is 9.46. The van der Waals surface area contributed by atoms with E-state index in [0.717, 1.165) is 25.7 Å². The van der Waals surface area contributed by atoms with Crippen molar-refractivity contribution >= 4 is 0 Å². The second-order valence-corrected chi connectivity index (χ2v) is 8.37. The topological polar surface area (TPSA) is 66.5 Å². The lowest BCUT2D eigenvalue weighted by molar-refractivity contribution is -0.0681. The van der Waals surface area contributed by atoms with Crippen LogP contribution >= 0.6 is 0 Å². The van der Waals surface area contributed by atoms with Crippen molar-refractivity contribution in [2.24, 2.45) is 40.2 Å². The molecule has 0 saturated heterocycles. The normalized spacial score (nSPS) is 53.1. The number of rotatable bonds is 0. The number of allylic oxidation sites excluding steroid dienone is 5. The minimum Gasteiger partial charge on any atom is -0.512 e. The van der Waals surface area contributed by atoms with Crippen molar-refractivity contribution in [1.82, 2.24) is 0 Å². The van der Waals surface area contributed by atoms with Gasteiger partial charge in [-0.25, -0.2) is 0 Å². The largest absolute Gasteiger partial charge is 0.512 e. The third-order valence-electron chi connectivity index (χ3n) is 7.48. The molecular formula is C19H27NO2. The number of aliphatic hydroxyl groups excluding tert-OH is 2. The van der Waals surface area contributed by atoms with Gasteiger partial charge in [0.05, 0.1) is 5.76 Å². The predicted molar refractivity (Wildman–Crippen MR) is 87.2 cm³/mol. The lowest BCUT2D eigenvalue weighted by Gasteiger charge is -2.59. The quantitative estimate of drug-likeness (QED) is 0.636. The Hall–Kier alpha value is -1.22. The van der Waals surface area contributed by atoms with Crippen molar-refractivity contribution in [3.05, 3.63) is 35.8 Å². The average Bonchev–Trinajstić information content (AvgIpc) is 2.77. The lowest BCUT2D eigenvalue weighted by Crippen LogP contribution is -2.58. The highest BCUT2D eigenvalue weighted by atomic mass is 16.3. The Labute approximate surface area is 132 Å². The van der Waals surface area contributed by atoms with Crippen LogP contribution in [-0.4, -0.2) is 16.3 Å². The van der Waals surface area contributed by atoms with Crippen LogP contribution < -0.4 is 5.73 Å². The molecule has 7 atom stereocenters. The molecule has 4 N–H and O–H groups in total. The standard InChI is InChI=1S/C19H27NO2/c1-18-7-5-12(21)9-11(18)10-15(20)17-13-3-4-16(22)19(13,2)8-6-14(17)18/h4-5,7,9,11,13-15,17,21-22H,3,6,8,10,20H2,1-2H3/t11-,13-,14-,15-,17-,18-,19-/m0/s1. The Morgan fingerprint density at radius 3 is 2.77 bits per heavy atom. The van der Waals surface area contributed by atoms with Crippen molar-refractivity contribution in [2.45, 2.75) is 45.6 Å².